The number of carbonyl (C=O) groups is 1. The average Bonchev–Trinajstić information content (AvgIpc) is 2.77. The Hall–Kier alpha value is -1.96. The van der Waals surface area contributed by atoms with Crippen molar-refractivity contribution >= 4 is 17.7 Å². The smallest absolute Gasteiger partial charge is 0.223 e. The van der Waals surface area contributed by atoms with Gasteiger partial charge in [0, 0.05) is 37.4 Å². The number of carbonyl (C=O) groups excluding carboxylic acids is 1. The molecule has 2 rings (SSSR count). The summed E-state index contributed by atoms with van der Waals surface area (Å²) in [5.41, 5.74) is 8.71. The van der Waals surface area contributed by atoms with E-state index in [1.165, 1.54) is 17.7 Å². The largest absolute Gasteiger partial charge is 0.390 e. The summed E-state index contributed by atoms with van der Waals surface area (Å²) in [5.74, 6) is 0.360. The molecular formula is C26H36F2N2O2S. The highest BCUT2D eigenvalue weighted by Crippen LogP contribution is 2.15. The summed E-state index contributed by atoms with van der Waals surface area (Å²) in [6.07, 6.45) is 2.62. The molecule has 2 atom stereocenters. The number of aliphatic hydroxyl groups excluding tert-OH is 1. The van der Waals surface area contributed by atoms with Crippen molar-refractivity contribution in [1.82, 2.24) is 4.90 Å². The molecule has 4 nitrogen and oxygen atoms in total. The van der Waals surface area contributed by atoms with E-state index in [0.29, 0.717) is 18.5 Å². The van der Waals surface area contributed by atoms with E-state index in [9.17, 15) is 18.7 Å². The third kappa shape index (κ3) is 9.82. The third-order valence-electron chi connectivity index (χ3n) is 5.52. The summed E-state index contributed by atoms with van der Waals surface area (Å²) < 4.78 is 27.0. The number of unbranched alkanes of at least 4 members (excludes halogenated alkanes) is 1. The van der Waals surface area contributed by atoms with Crippen LogP contribution in [-0.2, 0) is 24.2 Å². The van der Waals surface area contributed by atoms with Crippen LogP contribution in [-0.4, -0.2) is 46.1 Å². The molecule has 0 aliphatic carbocycles. The zero-order chi connectivity index (χ0) is 24.2. The summed E-state index contributed by atoms with van der Waals surface area (Å²) in [6, 6.07) is 10.5. The lowest BCUT2D eigenvalue weighted by Crippen LogP contribution is -2.46. The van der Waals surface area contributed by atoms with Gasteiger partial charge in [0.1, 0.15) is 11.6 Å². The van der Waals surface area contributed by atoms with Gasteiger partial charge in [0.2, 0.25) is 5.91 Å². The average molecular weight is 479 g/mol. The van der Waals surface area contributed by atoms with Crippen molar-refractivity contribution in [3.63, 3.8) is 0 Å². The highest BCUT2D eigenvalue weighted by atomic mass is 32.2. The number of nitrogens with two attached hydrogens (primary N) is 1. The van der Waals surface area contributed by atoms with Crippen LogP contribution in [0.4, 0.5) is 8.78 Å². The zero-order valence-corrected chi connectivity index (χ0v) is 20.4. The van der Waals surface area contributed by atoms with E-state index < -0.39 is 23.8 Å². The van der Waals surface area contributed by atoms with Gasteiger partial charge in [-0.1, -0.05) is 44.5 Å². The molecular weight excluding hydrogens is 442 g/mol. The van der Waals surface area contributed by atoms with Gasteiger partial charge >= 0.3 is 0 Å². The van der Waals surface area contributed by atoms with Crippen molar-refractivity contribution in [3.8, 4) is 0 Å². The molecule has 33 heavy (non-hydrogen) atoms. The fourth-order valence-corrected chi connectivity index (χ4v) is 4.60. The summed E-state index contributed by atoms with van der Waals surface area (Å²) in [6.45, 7) is 4.66. The van der Waals surface area contributed by atoms with Crippen LogP contribution in [0.1, 0.15) is 49.8 Å². The van der Waals surface area contributed by atoms with Gasteiger partial charge in [-0.05, 0) is 53.8 Å². The fourth-order valence-electron chi connectivity index (χ4n) is 3.59. The number of aliphatic hydroxyl groups is 1. The summed E-state index contributed by atoms with van der Waals surface area (Å²) in [7, 11) is 0. The van der Waals surface area contributed by atoms with Gasteiger partial charge in [-0.3, -0.25) is 4.79 Å². The molecule has 2 aromatic carbocycles. The van der Waals surface area contributed by atoms with Crippen LogP contribution < -0.4 is 5.73 Å². The highest BCUT2D eigenvalue weighted by molar-refractivity contribution is 7.99. The predicted molar refractivity (Wildman–Crippen MR) is 132 cm³/mol. The van der Waals surface area contributed by atoms with Crippen LogP contribution in [0.2, 0.25) is 0 Å². The second-order valence-electron chi connectivity index (χ2n) is 8.38. The lowest BCUT2D eigenvalue weighted by molar-refractivity contribution is -0.133. The first-order valence-corrected chi connectivity index (χ1v) is 12.8. The van der Waals surface area contributed by atoms with E-state index in [1.807, 2.05) is 18.2 Å². The molecule has 0 aliphatic rings. The number of rotatable bonds is 14. The maximum absolute atomic E-state index is 13.5. The van der Waals surface area contributed by atoms with Crippen molar-refractivity contribution in [1.29, 1.82) is 0 Å². The second kappa shape index (κ2) is 14.3. The van der Waals surface area contributed by atoms with E-state index in [1.54, 1.807) is 16.7 Å². The molecule has 0 fully saturated rings. The Kier molecular flexibility index (Phi) is 11.9. The Morgan fingerprint density at radius 2 is 1.76 bits per heavy atom. The van der Waals surface area contributed by atoms with Crippen molar-refractivity contribution in [2.45, 2.75) is 64.6 Å². The van der Waals surface area contributed by atoms with E-state index in [-0.39, 0.29) is 18.9 Å². The minimum absolute atomic E-state index is 0.0380. The number of aryl methyl sites for hydroxylation is 1. The SMILES string of the molecule is CCCCSCCC(=O)N(Cc1cccc(CC)c1)C[C@@H](O)[C@@H](N)Cc1cc(F)cc(F)c1. The van der Waals surface area contributed by atoms with Gasteiger partial charge in [0.15, 0.2) is 0 Å². The molecule has 0 heterocycles. The Labute approximate surface area is 200 Å². The Morgan fingerprint density at radius 1 is 1.06 bits per heavy atom. The Balaban J connectivity index is 2.05. The van der Waals surface area contributed by atoms with Gasteiger partial charge in [0.25, 0.3) is 0 Å². The first kappa shape index (κ1) is 27.3. The molecule has 0 aromatic heterocycles. The molecule has 0 saturated carbocycles. The summed E-state index contributed by atoms with van der Waals surface area (Å²) >= 11 is 1.76. The van der Waals surface area contributed by atoms with Crippen molar-refractivity contribution < 1.29 is 18.7 Å². The molecule has 0 aliphatic heterocycles. The molecule has 0 radical (unpaired) electrons. The van der Waals surface area contributed by atoms with Crippen LogP contribution in [0.25, 0.3) is 0 Å². The van der Waals surface area contributed by atoms with E-state index >= 15 is 0 Å². The molecule has 3 N–H and O–H groups in total. The molecule has 0 spiro atoms. The van der Waals surface area contributed by atoms with Crippen LogP contribution >= 0.6 is 11.8 Å². The topological polar surface area (TPSA) is 66.6 Å². The predicted octanol–water partition coefficient (Wildman–Crippen LogP) is 4.71. The Bertz CT molecular complexity index is 861. The van der Waals surface area contributed by atoms with Crippen LogP contribution in [0.15, 0.2) is 42.5 Å². The highest BCUT2D eigenvalue weighted by Gasteiger charge is 2.23. The lowest BCUT2D eigenvalue weighted by Gasteiger charge is -2.28. The quantitative estimate of drug-likeness (QED) is 0.386. The second-order valence-corrected chi connectivity index (χ2v) is 9.60. The monoisotopic (exact) mass is 478 g/mol. The maximum atomic E-state index is 13.5. The number of hydrogen-bond acceptors (Lipinski definition) is 4. The van der Waals surface area contributed by atoms with Crippen LogP contribution in [0, 0.1) is 11.6 Å². The number of benzene rings is 2. The first-order valence-electron chi connectivity index (χ1n) is 11.6. The van der Waals surface area contributed by atoms with Gasteiger partial charge < -0.3 is 15.7 Å². The number of hydrogen-bond donors (Lipinski definition) is 2. The standard InChI is InChI=1S/C26H36F2N2O2S/c1-3-5-10-33-11-9-26(32)30(17-20-8-6-7-19(4-2)12-20)18-25(31)24(29)15-21-13-22(27)16-23(28)14-21/h6-8,12-14,16,24-25,31H,3-5,9-11,15,17-18,29H2,1-2H3/t24-,25+/m0/s1. The van der Waals surface area contributed by atoms with Gasteiger partial charge in [-0.25, -0.2) is 8.78 Å². The van der Waals surface area contributed by atoms with Crippen molar-refractivity contribution in [2.75, 3.05) is 18.1 Å². The van der Waals surface area contributed by atoms with Crippen molar-refractivity contribution in [3.05, 3.63) is 70.8 Å². The Morgan fingerprint density at radius 3 is 2.42 bits per heavy atom. The molecule has 7 heteroatoms. The summed E-state index contributed by atoms with van der Waals surface area (Å²) in [4.78, 5) is 14.6. The molecule has 182 valence electrons. The lowest BCUT2D eigenvalue weighted by atomic mass is 10.0. The molecule has 1 amide bonds. The van der Waals surface area contributed by atoms with Gasteiger partial charge in [-0.2, -0.15) is 11.8 Å². The molecule has 0 unspecified atom stereocenters. The molecule has 0 bridgehead atoms. The van der Waals surface area contributed by atoms with Gasteiger partial charge in [-0.15, -0.1) is 0 Å². The number of amides is 1. The maximum Gasteiger partial charge on any atom is 0.223 e. The van der Waals surface area contributed by atoms with E-state index in [4.69, 9.17) is 5.73 Å². The minimum Gasteiger partial charge on any atom is -0.390 e. The van der Waals surface area contributed by atoms with E-state index in [0.717, 1.165) is 42.4 Å². The number of halogens is 2. The number of thioether (sulfide) groups is 1. The van der Waals surface area contributed by atoms with E-state index in [2.05, 4.69) is 19.9 Å². The first-order chi connectivity index (χ1) is 15.8. The molecule has 0 saturated heterocycles. The minimum atomic E-state index is -1.03. The zero-order valence-electron chi connectivity index (χ0n) is 19.6. The fraction of sp³-hybridized carbons (Fsp3) is 0.500. The molecule has 2 aromatic rings. The van der Waals surface area contributed by atoms with Gasteiger partial charge in [0.05, 0.1) is 6.10 Å². The van der Waals surface area contributed by atoms with Crippen LogP contribution in [0.3, 0.4) is 0 Å². The van der Waals surface area contributed by atoms with Crippen molar-refractivity contribution in [2.24, 2.45) is 5.73 Å². The normalized spacial score (nSPS) is 13.0. The number of nitrogens with zero attached hydrogens (tertiary/aromatic N) is 1. The third-order valence-corrected chi connectivity index (χ3v) is 6.59. The summed E-state index contributed by atoms with van der Waals surface area (Å²) in [5, 5.41) is 10.7. The van der Waals surface area contributed by atoms with Crippen LogP contribution in [0.5, 0.6) is 0 Å².